The number of nitrogens with one attached hydrogen (secondary N) is 1. The fraction of sp³-hybridized carbons (Fsp3) is 0.200. The minimum atomic E-state index is -0.0864. The molecule has 2 heterocycles. The predicted octanol–water partition coefficient (Wildman–Crippen LogP) is 3.68. The summed E-state index contributed by atoms with van der Waals surface area (Å²) in [4.78, 5) is 17.5. The van der Waals surface area contributed by atoms with Crippen molar-refractivity contribution in [2.75, 3.05) is 12.8 Å². The summed E-state index contributed by atoms with van der Waals surface area (Å²) in [6, 6.07) is 15.2. The molecule has 0 saturated heterocycles. The second-order valence-corrected chi connectivity index (χ2v) is 7.31. The number of nitrogens with two attached hydrogens (primary N) is 1. The normalized spacial score (nSPS) is 16.2. The van der Waals surface area contributed by atoms with Crippen molar-refractivity contribution in [2.45, 2.75) is 18.9 Å². The van der Waals surface area contributed by atoms with Gasteiger partial charge in [-0.3, -0.25) is 4.79 Å². The highest BCUT2D eigenvalue weighted by Gasteiger charge is 2.27. The summed E-state index contributed by atoms with van der Waals surface area (Å²) < 4.78 is 11.1. The average molecular weight is 381 g/mol. The molecule has 1 aliphatic rings. The molecular formula is C20H19N3O3S. The molecule has 138 valence electrons. The van der Waals surface area contributed by atoms with Crippen LogP contribution < -0.4 is 20.5 Å². The molecule has 1 amide bonds. The van der Waals surface area contributed by atoms with Gasteiger partial charge < -0.3 is 20.5 Å². The van der Waals surface area contributed by atoms with Crippen LogP contribution in [0.25, 0.3) is 0 Å². The summed E-state index contributed by atoms with van der Waals surface area (Å²) in [7, 11) is 1.63. The van der Waals surface area contributed by atoms with Gasteiger partial charge in [0.15, 0.2) is 5.13 Å². The van der Waals surface area contributed by atoms with Crippen molar-refractivity contribution in [3.8, 4) is 17.2 Å². The lowest BCUT2D eigenvalue weighted by molar-refractivity contribution is -0.121. The van der Waals surface area contributed by atoms with E-state index in [0.29, 0.717) is 29.6 Å². The number of carbonyl (C=O) groups excluding carboxylic acids is 1. The number of amides is 1. The highest BCUT2D eigenvalue weighted by atomic mass is 32.1. The topological polar surface area (TPSA) is 86.5 Å². The molecule has 3 aromatic rings. The quantitative estimate of drug-likeness (QED) is 0.720. The first kappa shape index (κ1) is 17.4. The summed E-state index contributed by atoms with van der Waals surface area (Å²) in [5.41, 5.74) is 7.74. The first-order valence-electron chi connectivity index (χ1n) is 8.56. The van der Waals surface area contributed by atoms with E-state index in [1.54, 1.807) is 7.11 Å². The summed E-state index contributed by atoms with van der Waals surface area (Å²) in [6.45, 7) is 0.417. The smallest absolute Gasteiger partial charge is 0.221 e. The van der Waals surface area contributed by atoms with E-state index >= 15 is 0 Å². The molecule has 0 unspecified atom stereocenters. The van der Waals surface area contributed by atoms with Crippen LogP contribution in [-0.2, 0) is 11.3 Å². The Morgan fingerprint density at radius 1 is 1.15 bits per heavy atom. The molecule has 0 radical (unpaired) electrons. The van der Waals surface area contributed by atoms with Crippen molar-refractivity contribution in [2.24, 2.45) is 0 Å². The first-order valence-corrected chi connectivity index (χ1v) is 9.37. The van der Waals surface area contributed by atoms with Gasteiger partial charge in [0, 0.05) is 17.2 Å². The highest BCUT2D eigenvalue weighted by Crippen LogP contribution is 2.38. The number of hydrogen-bond acceptors (Lipinski definition) is 6. The second-order valence-electron chi connectivity index (χ2n) is 6.25. The number of hydrogen-bond donors (Lipinski definition) is 2. The van der Waals surface area contributed by atoms with Crippen molar-refractivity contribution >= 4 is 22.4 Å². The number of benzene rings is 2. The van der Waals surface area contributed by atoms with Crippen molar-refractivity contribution in [1.29, 1.82) is 0 Å². The van der Waals surface area contributed by atoms with Crippen molar-refractivity contribution in [3.63, 3.8) is 0 Å². The van der Waals surface area contributed by atoms with Crippen LogP contribution >= 0.6 is 11.3 Å². The molecule has 3 N–H and O–H groups in total. The molecule has 4 rings (SSSR count). The molecule has 0 aliphatic carbocycles. The third-order valence-electron chi connectivity index (χ3n) is 4.46. The minimum Gasteiger partial charge on any atom is -0.497 e. The Hall–Kier alpha value is -3.06. The number of anilines is 1. The van der Waals surface area contributed by atoms with Gasteiger partial charge in [0.2, 0.25) is 5.91 Å². The van der Waals surface area contributed by atoms with Crippen LogP contribution in [0.1, 0.15) is 28.5 Å². The third-order valence-corrected chi connectivity index (χ3v) is 5.50. The number of carbonyl (C=O) groups is 1. The van der Waals surface area contributed by atoms with Gasteiger partial charge in [0.05, 0.1) is 19.3 Å². The van der Waals surface area contributed by atoms with E-state index in [0.717, 1.165) is 21.9 Å². The Bertz CT molecular complexity index is 969. The lowest BCUT2D eigenvalue weighted by atomic mass is 9.93. The maximum Gasteiger partial charge on any atom is 0.221 e. The fourth-order valence-corrected chi connectivity index (χ4v) is 4.14. The van der Waals surface area contributed by atoms with Crippen LogP contribution in [0.3, 0.4) is 0 Å². The van der Waals surface area contributed by atoms with E-state index in [-0.39, 0.29) is 11.8 Å². The molecule has 0 bridgehead atoms. The molecule has 2 aromatic carbocycles. The van der Waals surface area contributed by atoms with Crippen LogP contribution in [-0.4, -0.2) is 18.0 Å². The Morgan fingerprint density at radius 3 is 2.70 bits per heavy atom. The number of nitrogen functional groups attached to an aromatic ring is 1. The molecule has 7 heteroatoms. The molecule has 0 saturated carbocycles. The zero-order valence-corrected chi connectivity index (χ0v) is 15.6. The van der Waals surface area contributed by atoms with Crippen LogP contribution in [0.15, 0.2) is 48.5 Å². The second kappa shape index (κ2) is 7.28. The molecule has 6 nitrogen and oxygen atoms in total. The van der Waals surface area contributed by atoms with Crippen LogP contribution in [0.5, 0.6) is 17.2 Å². The van der Waals surface area contributed by atoms with Gasteiger partial charge in [-0.05, 0) is 42.0 Å². The van der Waals surface area contributed by atoms with E-state index < -0.39 is 0 Å². The van der Waals surface area contributed by atoms with Gasteiger partial charge in [-0.1, -0.05) is 12.1 Å². The third kappa shape index (κ3) is 3.73. The number of rotatable bonds is 4. The molecule has 0 spiro atoms. The number of nitrogens with zero attached hydrogens (tertiary/aromatic N) is 1. The molecule has 1 aromatic heterocycles. The maximum atomic E-state index is 12.1. The SMILES string of the molecule is COc1ccc(Oc2cccc([C@@H]3CC(=O)NCc4nc(N)sc43)c2)cc1. The van der Waals surface area contributed by atoms with Crippen molar-refractivity contribution in [3.05, 3.63) is 64.7 Å². The number of aromatic nitrogens is 1. The fourth-order valence-electron chi connectivity index (χ4n) is 3.16. The van der Waals surface area contributed by atoms with E-state index in [1.807, 2.05) is 48.5 Å². The number of thiazole rings is 1. The zero-order valence-electron chi connectivity index (χ0n) is 14.8. The number of ether oxygens (including phenoxy) is 2. The van der Waals surface area contributed by atoms with Crippen LogP contribution in [0, 0.1) is 0 Å². The first-order chi connectivity index (χ1) is 13.1. The Balaban J connectivity index is 1.63. The molecule has 0 fully saturated rings. The molecule has 1 atom stereocenters. The van der Waals surface area contributed by atoms with E-state index in [1.165, 1.54) is 11.3 Å². The Kier molecular flexibility index (Phi) is 4.68. The van der Waals surface area contributed by atoms with Gasteiger partial charge in [-0.15, -0.1) is 11.3 Å². The average Bonchev–Trinajstić information content (AvgIpc) is 2.98. The van der Waals surface area contributed by atoms with Crippen LogP contribution in [0.2, 0.25) is 0 Å². The lowest BCUT2D eigenvalue weighted by Crippen LogP contribution is -2.21. The standard InChI is InChI=1S/C20H19N3O3S/c1-25-13-5-7-14(8-6-13)26-15-4-2-3-12(9-15)16-10-18(24)22-11-17-19(16)27-20(21)23-17/h2-9,16H,10-11H2,1H3,(H2,21,23)(H,22,24)/t16-/m0/s1. The Labute approximate surface area is 161 Å². The number of fused-ring (bicyclic) bond motifs is 1. The minimum absolute atomic E-state index is 0.00486. The largest absolute Gasteiger partial charge is 0.497 e. The summed E-state index contributed by atoms with van der Waals surface area (Å²) in [5, 5.41) is 3.41. The predicted molar refractivity (Wildman–Crippen MR) is 104 cm³/mol. The monoisotopic (exact) mass is 381 g/mol. The van der Waals surface area contributed by atoms with Gasteiger partial charge in [0.25, 0.3) is 0 Å². The van der Waals surface area contributed by atoms with E-state index in [4.69, 9.17) is 15.2 Å². The van der Waals surface area contributed by atoms with Crippen molar-refractivity contribution in [1.82, 2.24) is 10.3 Å². The summed E-state index contributed by atoms with van der Waals surface area (Å²) in [6.07, 6.45) is 0.362. The highest BCUT2D eigenvalue weighted by molar-refractivity contribution is 7.15. The van der Waals surface area contributed by atoms with Crippen molar-refractivity contribution < 1.29 is 14.3 Å². The van der Waals surface area contributed by atoms with Gasteiger partial charge >= 0.3 is 0 Å². The molecule has 27 heavy (non-hydrogen) atoms. The molecule has 1 aliphatic heterocycles. The maximum absolute atomic E-state index is 12.1. The molecular weight excluding hydrogens is 362 g/mol. The Morgan fingerprint density at radius 2 is 1.93 bits per heavy atom. The van der Waals surface area contributed by atoms with Gasteiger partial charge in [-0.2, -0.15) is 0 Å². The van der Waals surface area contributed by atoms with E-state index in [2.05, 4.69) is 10.3 Å². The zero-order chi connectivity index (χ0) is 18.8. The van der Waals surface area contributed by atoms with Crippen LogP contribution in [0.4, 0.5) is 5.13 Å². The number of methoxy groups -OCH3 is 1. The lowest BCUT2D eigenvalue weighted by Gasteiger charge is -2.15. The van der Waals surface area contributed by atoms with Gasteiger partial charge in [0.1, 0.15) is 17.2 Å². The van der Waals surface area contributed by atoms with E-state index in [9.17, 15) is 4.79 Å². The van der Waals surface area contributed by atoms with Gasteiger partial charge in [-0.25, -0.2) is 4.98 Å². The summed E-state index contributed by atoms with van der Waals surface area (Å²) in [5.74, 6) is 2.12. The summed E-state index contributed by atoms with van der Waals surface area (Å²) >= 11 is 1.44.